The van der Waals surface area contributed by atoms with Crippen LogP contribution in [-0.4, -0.2) is 0 Å². The summed E-state index contributed by atoms with van der Waals surface area (Å²) in [6.45, 7) is 0. The molecule has 0 amide bonds. The second kappa shape index (κ2) is 3.42. The summed E-state index contributed by atoms with van der Waals surface area (Å²) in [5, 5.41) is 8.28. The fourth-order valence-corrected chi connectivity index (χ4v) is 1.13. The molecule has 0 heterocycles. The molecule has 12 heavy (non-hydrogen) atoms. The summed E-state index contributed by atoms with van der Waals surface area (Å²) >= 11 is 5.49. The van der Waals surface area contributed by atoms with Crippen molar-refractivity contribution >= 4 is 17.3 Å². The van der Waals surface area contributed by atoms with E-state index in [9.17, 15) is 4.39 Å². The van der Waals surface area contributed by atoms with E-state index in [0.717, 1.165) is 0 Å². The number of rotatable bonds is 1. The number of anilines is 1. The smallest absolute Gasteiger partial charge is 0.146 e. The summed E-state index contributed by atoms with van der Waals surface area (Å²) in [6, 6.07) is 4.55. The van der Waals surface area contributed by atoms with Crippen molar-refractivity contribution in [3.63, 3.8) is 0 Å². The fraction of sp³-hybridized carbons (Fsp3) is 0.125. The molecule has 0 bridgehead atoms. The summed E-state index contributed by atoms with van der Waals surface area (Å²) in [5.74, 6) is -0.563. The number of hydrogen-bond donors (Lipinski definition) is 1. The number of nitrogens with zero attached hydrogens (tertiary/aromatic N) is 1. The number of hydrogen-bond acceptors (Lipinski definition) is 2. The highest BCUT2D eigenvalue weighted by molar-refractivity contribution is 6.31. The molecule has 0 unspecified atom stereocenters. The molecule has 0 aliphatic carbocycles. The number of halogens is 2. The number of nitrogens with two attached hydrogens (primary N) is 1. The molecule has 0 aliphatic rings. The van der Waals surface area contributed by atoms with Crippen LogP contribution in [-0.2, 0) is 6.42 Å². The SMILES string of the molecule is N#CCc1cc(N)cc(Cl)c1F. The van der Waals surface area contributed by atoms with E-state index >= 15 is 0 Å². The zero-order valence-corrected chi connectivity index (χ0v) is 6.90. The number of nitrogen functional groups attached to an aromatic ring is 1. The highest BCUT2D eigenvalue weighted by atomic mass is 35.5. The van der Waals surface area contributed by atoms with Gasteiger partial charge in [-0.2, -0.15) is 5.26 Å². The standard InChI is InChI=1S/C8H6ClFN2/c9-7-4-6(12)3-5(1-2-11)8(7)10/h3-4H,1,12H2. The van der Waals surface area contributed by atoms with Crippen molar-refractivity contribution in [1.29, 1.82) is 5.26 Å². The number of nitriles is 1. The first-order valence-corrected chi connectivity index (χ1v) is 3.63. The Morgan fingerprint density at radius 1 is 1.58 bits per heavy atom. The minimum Gasteiger partial charge on any atom is -0.399 e. The van der Waals surface area contributed by atoms with E-state index in [4.69, 9.17) is 22.6 Å². The van der Waals surface area contributed by atoms with Gasteiger partial charge in [0.25, 0.3) is 0 Å². The van der Waals surface area contributed by atoms with Crippen LogP contribution < -0.4 is 5.73 Å². The van der Waals surface area contributed by atoms with Crippen molar-refractivity contribution in [1.82, 2.24) is 0 Å². The fourth-order valence-electron chi connectivity index (χ4n) is 0.883. The summed E-state index contributed by atoms with van der Waals surface area (Å²) in [6.07, 6.45) is -0.0173. The van der Waals surface area contributed by atoms with Crippen molar-refractivity contribution < 1.29 is 4.39 Å². The number of benzene rings is 1. The van der Waals surface area contributed by atoms with Crippen LogP contribution in [0.2, 0.25) is 5.02 Å². The maximum Gasteiger partial charge on any atom is 0.146 e. The zero-order chi connectivity index (χ0) is 9.14. The summed E-state index contributed by atoms with van der Waals surface area (Å²) in [7, 11) is 0. The quantitative estimate of drug-likeness (QED) is 0.680. The van der Waals surface area contributed by atoms with Crippen molar-refractivity contribution in [2.45, 2.75) is 6.42 Å². The van der Waals surface area contributed by atoms with E-state index in [2.05, 4.69) is 0 Å². The average molecular weight is 185 g/mol. The minimum absolute atomic E-state index is 0.0173. The van der Waals surface area contributed by atoms with Crippen LogP contribution in [0.1, 0.15) is 5.56 Å². The Morgan fingerprint density at radius 3 is 2.83 bits per heavy atom. The Hall–Kier alpha value is -1.27. The normalized spacial score (nSPS) is 9.42. The van der Waals surface area contributed by atoms with E-state index in [1.54, 1.807) is 0 Å². The molecule has 2 N–H and O–H groups in total. The average Bonchev–Trinajstić information content (AvgIpc) is 2.00. The van der Waals surface area contributed by atoms with Crippen LogP contribution in [0.15, 0.2) is 12.1 Å². The highest BCUT2D eigenvalue weighted by Gasteiger charge is 2.07. The van der Waals surface area contributed by atoms with Gasteiger partial charge in [-0.3, -0.25) is 0 Å². The van der Waals surface area contributed by atoms with Gasteiger partial charge < -0.3 is 5.73 Å². The molecule has 0 radical (unpaired) electrons. The van der Waals surface area contributed by atoms with Gasteiger partial charge in [0, 0.05) is 11.3 Å². The molecule has 0 atom stereocenters. The molecule has 0 fully saturated rings. The maximum atomic E-state index is 13.0. The molecule has 62 valence electrons. The Bertz CT molecular complexity index is 344. The maximum absolute atomic E-state index is 13.0. The van der Waals surface area contributed by atoms with Gasteiger partial charge in [-0.05, 0) is 12.1 Å². The van der Waals surface area contributed by atoms with Gasteiger partial charge in [-0.25, -0.2) is 4.39 Å². The third kappa shape index (κ3) is 1.66. The van der Waals surface area contributed by atoms with Crippen molar-refractivity contribution in [3.05, 3.63) is 28.5 Å². The van der Waals surface area contributed by atoms with Crippen molar-refractivity contribution in [2.24, 2.45) is 0 Å². The zero-order valence-electron chi connectivity index (χ0n) is 6.14. The monoisotopic (exact) mass is 184 g/mol. The molecule has 0 spiro atoms. The summed E-state index contributed by atoms with van der Waals surface area (Å²) in [4.78, 5) is 0. The van der Waals surface area contributed by atoms with E-state index < -0.39 is 5.82 Å². The van der Waals surface area contributed by atoms with Gasteiger partial charge in [-0.15, -0.1) is 0 Å². The van der Waals surface area contributed by atoms with Gasteiger partial charge in [0.05, 0.1) is 17.5 Å². The Kier molecular flexibility index (Phi) is 2.51. The molecular weight excluding hydrogens is 179 g/mol. The van der Waals surface area contributed by atoms with Crippen LogP contribution in [0.25, 0.3) is 0 Å². The Morgan fingerprint density at radius 2 is 2.25 bits per heavy atom. The van der Waals surface area contributed by atoms with Crippen LogP contribution in [0, 0.1) is 17.1 Å². The van der Waals surface area contributed by atoms with E-state index in [-0.39, 0.29) is 17.0 Å². The first-order chi connectivity index (χ1) is 5.65. The molecule has 4 heteroatoms. The second-order valence-electron chi connectivity index (χ2n) is 2.31. The topological polar surface area (TPSA) is 49.8 Å². The van der Waals surface area contributed by atoms with Gasteiger partial charge in [0.15, 0.2) is 0 Å². The third-order valence-corrected chi connectivity index (χ3v) is 1.67. The molecule has 0 saturated heterocycles. The Balaban J connectivity index is 3.20. The lowest BCUT2D eigenvalue weighted by Gasteiger charge is -2.01. The van der Waals surface area contributed by atoms with Crippen molar-refractivity contribution in [3.8, 4) is 6.07 Å². The molecule has 0 aromatic heterocycles. The minimum atomic E-state index is -0.563. The second-order valence-corrected chi connectivity index (χ2v) is 2.72. The predicted octanol–water partition coefficient (Wildman–Crippen LogP) is 2.13. The lowest BCUT2D eigenvalue weighted by molar-refractivity contribution is 0.616. The molecule has 0 saturated carbocycles. The first-order valence-electron chi connectivity index (χ1n) is 3.25. The first kappa shape index (κ1) is 8.82. The molecule has 2 nitrogen and oxygen atoms in total. The summed E-state index contributed by atoms with van der Waals surface area (Å²) in [5.41, 5.74) is 6.00. The molecule has 1 aromatic rings. The van der Waals surface area contributed by atoms with Crippen LogP contribution in [0.4, 0.5) is 10.1 Å². The third-order valence-electron chi connectivity index (χ3n) is 1.40. The van der Waals surface area contributed by atoms with Gasteiger partial charge in [-0.1, -0.05) is 11.6 Å². The predicted molar refractivity (Wildman–Crippen MR) is 45.1 cm³/mol. The van der Waals surface area contributed by atoms with Crippen LogP contribution in [0.5, 0.6) is 0 Å². The van der Waals surface area contributed by atoms with E-state index in [0.29, 0.717) is 5.69 Å². The Labute approximate surface area is 74.4 Å². The van der Waals surface area contributed by atoms with Gasteiger partial charge in [0.2, 0.25) is 0 Å². The molecule has 1 aromatic carbocycles. The van der Waals surface area contributed by atoms with Crippen molar-refractivity contribution in [2.75, 3.05) is 5.73 Å². The molecule has 1 rings (SSSR count). The highest BCUT2D eigenvalue weighted by Crippen LogP contribution is 2.22. The van der Waals surface area contributed by atoms with E-state index in [1.807, 2.05) is 6.07 Å². The summed E-state index contributed by atoms with van der Waals surface area (Å²) < 4.78 is 13.0. The molecular formula is C8H6ClFN2. The lowest BCUT2D eigenvalue weighted by atomic mass is 10.1. The van der Waals surface area contributed by atoms with E-state index in [1.165, 1.54) is 12.1 Å². The van der Waals surface area contributed by atoms with Crippen LogP contribution >= 0.6 is 11.6 Å². The molecule has 0 aliphatic heterocycles. The lowest BCUT2D eigenvalue weighted by Crippen LogP contribution is -1.93. The largest absolute Gasteiger partial charge is 0.399 e. The van der Waals surface area contributed by atoms with Crippen LogP contribution in [0.3, 0.4) is 0 Å². The van der Waals surface area contributed by atoms with Gasteiger partial charge in [0.1, 0.15) is 5.82 Å². The van der Waals surface area contributed by atoms with Gasteiger partial charge >= 0.3 is 0 Å².